The van der Waals surface area contributed by atoms with Gasteiger partial charge in [0.1, 0.15) is 5.75 Å². The van der Waals surface area contributed by atoms with Crippen molar-refractivity contribution in [2.45, 2.75) is 17.9 Å². The van der Waals surface area contributed by atoms with Gasteiger partial charge in [0, 0.05) is 6.54 Å². The lowest BCUT2D eigenvalue weighted by molar-refractivity contribution is -0.121. The Balaban J connectivity index is 1.73. The number of hydrogen-bond donors (Lipinski definition) is 1. The third-order valence-electron chi connectivity index (χ3n) is 5.00. The molecule has 0 spiro atoms. The maximum Gasteiger partial charge on any atom is 0.243 e. The highest BCUT2D eigenvalue weighted by atomic mass is 32.2. The predicted molar refractivity (Wildman–Crippen MR) is 122 cm³/mol. The fourth-order valence-corrected chi connectivity index (χ4v) is 4.66. The molecule has 162 valence electrons. The van der Waals surface area contributed by atoms with Crippen LogP contribution in [0.5, 0.6) is 5.75 Å². The summed E-state index contributed by atoms with van der Waals surface area (Å²) in [5.41, 5.74) is 0.945. The molecule has 6 nitrogen and oxygen atoms in total. The van der Waals surface area contributed by atoms with Crippen LogP contribution in [0.2, 0.25) is 0 Å². The molecule has 0 radical (unpaired) electrons. The van der Waals surface area contributed by atoms with Gasteiger partial charge in [-0.25, -0.2) is 8.42 Å². The molecule has 0 saturated carbocycles. The molecule has 0 aliphatic rings. The Morgan fingerprint density at radius 1 is 1.10 bits per heavy atom. The van der Waals surface area contributed by atoms with Gasteiger partial charge in [0.25, 0.3) is 0 Å². The molecule has 3 aromatic rings. The highest BCUT2D eigenvalue weighted by molar-refractivity contribution is 7.89. The van der Waals surface area contributed by atoms with Gasteiger partial charge in [0.2, 0.25) is 15.9 Å². The Hall–Kier alpha value is -3.16. The molecule has 1 amide bonds. The number of nitrogens with one attached hydrogen (secondary N) is 1. The van der Waals surface area contributed by atoms with E-state index in [1.165, 1.54) is 25.3 Å². The minimum atomic E-state index is -3.87. The smallest absolute Gasteiger partial charge is 0.243 e. The Kier molecular flexibility index (Phi) is 7.09. The van der Waals surface area contributed by atoms with Crippen molar-refractivity contribution in [1.82, 2.24) is 9.62 Å². The highest BCUT2D eigenvalue weighted by Gasteiger charge is 2.26. The molecule has 3 rings (SSSR count). The summed E-state index contributed by atoms with van der Waals surface area (Å²) in [6, 6.07) is 19.8. The zero-order valence-electron chi connectivity index (χ0n) is 17.6. The van der Waals surface area contributed by atoms with Gasteiger partial charge in [-0.1, -0.05) is 42.5 Å². The van der Waals surface area contributed by atoms with Crippen LogP contribution in [-0.4, -0.2) is 38.8 Å². The second-order valence-corrected chi connectivity index (χ2v) is 9.10. The van der Waals surface area contributed by atoms with Crippen molar-refractivity contribution in [2.75, 3.05) is 20.2 Å². The number of carbonyl (C=O) groups is 1. The Labute approximate surface area is 183 Å². The molecule has 1 unspecified atom stereocenters. The summed E-state index contributed by atoms with van der Waals surface area (Å²) in [4.78, 5) is 12.8. The molecule has 0 aliphatic carbocycles. The van der Waals surface area contributed by atoms with E-state index in [1.54, 1.807) is 12.1 Å². The van der Waals surface area contributed by atoms with Gasteiger partial charge >= 0.3 is 0 Å². The lowest BCUT2D eigenvalue weighted by atomic mass is 10.0. The third kappa shape index (κ3) is 5.31. The number of ether oxygens (including phenoxy) is 1. The molecule has 0 bridgehead atoms. The van der Waals surface area contributed by atoms with E-state index >= 15 is 0 Å². The zero-order valence-corrected chi connectivity index (χ0v) is 18.4. The number of fused-ring (bicyclic) bond motifs is 1. The van der Waals surface area contributed by atoms with Crippen LogP contribution in [0.4, 0.5) is 0 Å². The number of amides is 1. The number of nitrogens with zero attached hydrogens (tertiary/aromatic N) is 1. The summed E-state index contributed by atoms with van der Waals surface area (Å²) < 4.78 is 32.2. The molecule has 3 aromatic carbocycles. The van der Waals surface area contributed by atoms with Gasteiger partial charge in [0.05, 0.1) is 24.6 Å². The topological polar surface area (TPSA) is 75.7 Å². The number of sulfonamides is 1. The van der Waals surface area contributed by atoms with Crippen LogP contribution in [-0.2, 0) is 14.8 Å². The van der Waals surface area contributed by atoms with E-state index in [9.17, 15) is 13.2 Å². The molecule has 1 N–H and O–H groups in total. The van der Waals surface area contributed by atoms with E-state index in [0.717, 1.165) is 20.6 Å². The Bertz CT molecular complexity index is 1170. The number of carbonyl (C=O) groups excluding carboxylic acids is 1. The summed E-state index contributed by atoms with van der Waals surface area (Å²) in [6.45, 7) is 5.21. The summed E-state index contributed by atoms with van der Waals surface area (Å²) in [6.07, 6.45) is 1.46. The fraction of sp³-hybridized carbons (Fsp3) is 0.208. The Morgan fingerprint density at radius 3 is 2.42 bits per heavy atom. The Morgan fingerprint density at radius 2 is 1.77 bits per heavy atom. The minimum Gasteiger partial charge on any atom is -0.497 e. The van der Waals surface area contributed by atoms with Crippen LogP contribution in [0.1, 0.15) is 18.5 Å². The van der Waals surface area contributed by atoms with Gasteiger partial charge < -0.3 is 10.1 Å². The van der Waals surface area contributed by atoms with Crippen molar-refractivity contribution in [1.29, 1.82) is 0 Å². The summed E-state index contributed by atoms with van der Waals surface area (Å²) in [7, 11) is -2.36. The van der Waals surface area contributed by atoms with Crippen molar-refractivity contribution in [3.8, 4) is 5.75 Å². The normalized spacial score (nSPS) is 12.5. The largest absolute Gasteiger partial charge is 0.497 e. The van der Waals surface area contributed by atoms with E-state index < -0.39 is 10.0 Å². The first kappa shape index (κ1) is 22.5. The van der Waals surface area contributed by atoms with E-state index in [1.807, 2.05) is 49.4 Å². The van der Waals surface area contributed by atoms with Crippen molar-refractivity contribution in [3.63, 3.8) is 0 Å². The highest BCUT2D eigenvalue weighted by Crippen LogP contribution is 2.21. The maximum atomic E-state index is 13.0. The SMILES string of the molecule is C=CCN(CC(=O)NC(C)c1ccc2ccccc2c1)S(=O)(=O)c1ccc(OC)cc1. The quantitative estimate of drug-likeness (QED) is 0.514. The van der Waals surface area contributed by atoms with Gasteiger partial charge in [-0.2, -0.15) is 4.31 Å². The molecule has 1 atom stereocenters. The van der Waals surface area contributed by atoms with Crippen LogP contribution in [0, 0.1) is 0 Å². The molecule has 7 heteroatoms. The van der Waals surface area contributed by atoms with Gasteiger partial charge in [-0.3, -0.25) is 4.79 Å². The molecule has 0 aromatic heterocycles. The van der Waals surface area contributed by atoms with Crippen LogP contribution in [0.25, 0.3) is 10.8 Å². The van der Waals surface area contributed by atoms with Crippen LogP contribution >= 0.6 is 0 Å². The van der Waals surface area contributed by atoms with E-state index in [0.29, 0.717) is 5.75 Å². The zero-order chi connectivity index (χ0) is 22.4. The predicted octanol–water partition coefficient (Wildman–Crippen LogP) is 3.90. The number of hydrogen-bond acceptors (Lipinski definition) is 4. The van der Waals surface area contributed by atoms with Crippen LogP contribution in [0.3, 0.4) is 0 Å². The summed E-state index contributed by atoms with van der Waals surface area (Å²) >= 11 is 0. The van der Waals surface area contributed by atoms with Crippen molar-refractivity contribution >= 4 is 26.7 Å². The molecule has 0 saturated heterocycles. The standard InChI is InChI=1S/C24H26N2O4S/c1-4-15-26(31(28,29)23-13-11-22(30-3)12-14-23)17-24(27)25-18(2)20-10-9-19-7-5-6-8-21(19)16-20/h4-14,16,18H,1,15,17H2,2-3H3,(H,25,27). The fourth-order valence-electron chi connectivity index (χ4n) is 3.30. The van der Waals surface area contributed by atoms with Crippen molar-refractivity contribution < 1.29 is 17.9 Å². The van der Waals surface area contributed by atoms with Crippen LogP contribution in [0.15, 0.2) is 84.3 Å². The van der Waals surface area contributed by atoms with Gasteiger partial charge in [-0.15, -0.1) is 6.58 Å². The first-order valence-electron chi connectivity index (χ1n) is 9.88. The maximum absolute atomic E-state index is 13.0. The van der Waals surface area contributed by atoms with Gasteiger partial charge in [-0.05, 0) is 53.6 Å². The number of rotatable bonds is 9. The van der Waals surface area contributed by atoms with Gasteiger partial charge in [0.15, 0.2) is 0 Å². The monoisotopic (exact) mass is 438 g/mol. The van der Waals surface area contributed by atoms with E-state index in [2.05, 4.69) is 11.9 Å². The lowest BCUT2D eigenvalue weighted by Crippen LogP contribution is -2.41. The van der Waals surface area contributed by atoms with Crippen molar-refractivity contribution in [3.05, 3.63) is 84.9 Å². The summed E-state index contributed by atoms with van der Waals surface area (Å²) in [5, 5.41) is 5.09. The molecule has 0 fully saturated rings. The average Bonchev–Trinajstić information content (AvgIpc) is 2.78. The average molecular weight is 439 g/mol. The van der Waals surface area contributed by atoms with Crippen molar-refractivity contribution in [2.24, 2.45) is 0 Å². The van der Waals surface area contributed by atoms with E-state index in [4.69, 9.17) is 4.74 Å². The van der Waals surface area contributed by atoms with Crippen LogP contribution < -0.4 is 10.1 Å². The molecule has 0 heterocycles. The second-order valence-electron chi connectivity index (χ2n) is 7.16. The minimum absolute atomic E-state index is 0.0200. The molecule has 0 aliphatic heterocycles. The molecule has 31 heavy (non-hydrogen) atoms. The number of methoxy groups -OCH3 is 1. The first-order valence-corrected chi connectivity index (χ1v) is 11.3. The molecular weight excluding hydrogens is 412 g/mol. The molecular formula is C24H26N2O4S. The second kappa shape index (κ2) is 9.76. The summed E-state index contributed by atoms with van der Waals surface area (Å²) in [5.74, 6) is 0.163. The number of benzene rings is 3. The van der Waals surface area contributed by atoms with E-state index in [-0.39, 0.29) is 29.9 Å². The third-order valence-corrected chi connectivity index (χ3v) is 6.83. The lowest BCUT2D eigenvalue weighted by Gasteiger charge is -2.22. The first-order chi connectivity index (χ1) is 14.8.